The van der Waals surface area contributed by atoms with Crippen LogP contribution in [-0.4, -0.2) is 22.1 Å². The van der Waals surface area contributed by atoms with Crippen molar-refractivity contribution in [2.45, 2.75) is 75.8 Å². The van der Waals surface area contributed by atoms with E-state index in [9.17, 15) is 10.0 Å². The Morgan fingerprint density at radius 1 is 1.23 bits per heavy atom. The number of nitrogens with zero attached hydrogens (tertiary/aromatic N) is 1. The minimum atomic E-state index is -0.875. The topological polar surface area (TPSA) is 66.6 Å². The van der Waals surface area contributed by atoms with Crippen LogP contribution in [0.3, 0.4) is 0 Å². The number of thioether (sulfide) groups is 1. The molecule has 0 aliphatic carbocycles. The summed E-state index contributed by atoms with van der Waals surface area (Å²) in [5, 5.41) is 9.58. The number of amides is 2. The lowest BCUT2D eigenvalue weighted by Crippen LogP contribution is -2.27. The number of hydrogen-bond donors (Lipinski definition) is 2. The lowest BCUT2D eigenvalue weighted by Gasteiger charge is -2.15. The third-order valence-electron chi connectivity index (χ3n) is 4.36. The minimum absolute atomic E-state index is 0.400. The van der Waals surface area contributed by atoms with Gasteiger partial charge in [0, 0.05) is 17.5 Å². The van der Waals surface area contributed by atoms with Gasteiger partial charge in [0.2, 0.25) is 0 Å². The van der Waals surface area contributed by atoms with Gasteiger partial charge < -0.3 is 5.73 Å². The molecule has 6 heteroatoms. The Balaban J connectivity index is 2.28. The van der Waals surface area contributed by atoms with Crippen molar-refractivity contribution in [2.24, 2.45) is 11.7 Å². The zero-order valence-electron chi connectivity index (χ0n) is 16.2. The fourth-order valence-electron chi connectivity index (χ4n) is 2.85. The molecule has 4 nitrogen and oxygen atoms in total. The zero-order valence-corrected chi connectivity index (χ0v) is 17.8. The van der Waals surface area contributed by atoms with Crippen LogP contribution in [0.5, 0.6) is 0 Å². The van der Waals surface area contributed by atoms with E-state index in [0.717, 1.165) is 5.92 Å². The van der Waals surface area contributed by atoms with E-state index in [0.29, 0.717) is 11.5 Å². The van der Waals surface area contributed by atoms with Crippen LogP contribution in [0.1, 0.15) is 70.1 Å². The molecule has 148 valence electrons. The quantitative estimate of drug-likeness (QED) is 0.164. The summed E-state index contributed by atoms with van der Waals surface area (Å²) in [5.74, 6) is 2.09. The van der Waals surface area contributed by atoms with E-state index in [1.165, 1.54) is 72.4 Å². The number of carbonyl (C=O) groups excluding carboxylic acids is 1. The molecular weight excluding hydrogens is 364 g/mol. The number of hydroxylamine groups is 2. The number of hydrogen-bond acceptors (Lipinski definition) is 4. The average molecular weight is 399 g/mol. The average Bonchev–Trinajstić information content (AvgIpc) is 3.07. The molecule has 3 N–H and O–H groups in total. The maximum absolute atomic E-state index is 10.7. The van der Waals surface area contributed by atoms with Gasteiger partial charge in [-0.15, -0.1) is 23.1 Å². The van der Waals surface area contributed by atoms with Crippen LogP contribution in [0, 0.1) is 5.92 Å². The molecule has 1 heterocycles. The highest BCUT2D eigenvalue weighted by Crippen LogP contribution is 2.30. The second-order valence-electron chi connectivity index (χ2n) is 6.63. The Labute approximate surface area is 166 Å². The summed E-state index contributed by atoms with van der Waals surface area (Å²) in [6.07, 6.45) is 14.5. The molecule has 0 radical (unpaired) electrons. The number of thiophene rings is 1. The summed E-state index contributed by atoms with van der Waals surface area (Å²) >= 11 is 3.71. The molecule has 0 spiro atoms. The zero-order chi connectivity index (χ0) is 19.2. The van der Waals surface area contributed by atoms with Crippen molar-refractivity contribution < 1.29 is 10.0 Å². The number of primary amides is 1. The van der Waals surface area contributed by atoms with Gasteiger partial charge in [0.25, 0.3) is 0 Å². The molecule has 2 amide bonds. The predicted molar refractivity (Wildman–Crippen MR) is 113 cm³/mol. The van der Waals surface area contributed by atoms with Gasteiger partial charge in [-0.2, -0.15) is 5.06 Å². The summed E-state index contributed by atoms with van der Waals surface area (Å²) < 4.78 is 1.34. The molecule has 0 aliphatic heterocycles. The van der Waals surface area contributed by atoms with Crippen LogP contribution in [0.25, 0.3) is 0 Å². The fourth-order valence-corrected chi connectivity index (χ4v) is 5.04. The molecule has 0 fully saturated rings. The van der Waals surface area contributed by atoms with E-state index >= 15 is 0 Å². The van der Waals surface area contributed by atoms with Crippen LogP contribution in [-0.2, 0) is 6.42 Å². The molecule has 0 atom stereocenters. The van der Waals surface area contributed by atoms with Crippen molar-refractivity contribution in [3.05, 3.63) is 29.3 Å². The molecule has 0 aromatic carbocycles. The Bertz CT molecular complexity index is 524. The third kappa shape index (κ3) is 10.2. The Kier molecular flexibility index (Phi) is 12.5. The smallest absolute Gasteiger partial charge is 0.342 e. The van der Waals surface area contributed by atoms with Crippen molar-refractivity contribution in [1.82, 2.24) is 5.06 Å². The van der Waals surface area contributed by atoms with Crippen LogP contribution >= 0.6 is 23.1 Å². The van der Waals surface area contributed by atoms with E-state index in [1.54, 1.807) is 17.4 Å². The maximum Gasteiger partial charge on any atom is 0.342 e. The fraction of sp³-hybridized carbons (Fsp3) is 0.650. The molecule has 0 saturated carbocycles. The lowest BCUT2D eigenvalue weighted by molar-refractivity contribution is 0.00755. The number of carbonyl (C=O) groups is 1. The van der Waals surface area contributed by atoms with Crippen molar-refractivity contribution in [1.29, 1.82) is 0 Å². The molecule has 0 unspecified atom stereocenters. The Morgan fingerprint density at radius 3 is 2.50 bits per heavy atom. The molecule has 0 saturated heterocycles. The summed E-state index contributed by atoms with van der Waals surface area (Å²) in [6, 6.07) is 3.39. The Hall–Kier alpha value is -0.980. The van der Waals surface area contributed by atoms with Crippen LogP contribution in [0.15, 0.2) is 28.6 Å². The maximum atomic E-state index is 10.7. The molecular formula is C20H34N2O2S2. The number of rotatable bonds is 14. The van der Waals surface area contributed by atoms with Gasteiger partial charge in [-0.05, 0) is 36.6 Å². The van der Waals surface area contributed by atoms with Gasteiger partial charge in [0.1, 0.15) is 0 Å². The molecule has 1 aromatic heterocycles. The molecule has 0 aliphatic rings. The first-order chi connectivity index (χ1) is 12.6. The largest absolute Gasteiger partial charge is 0.349 e. The highest BCUT2D eigenvalue weighted by molar-refractivity contribution is 8.01. The third-order valence-corrected chi connectivity index (χ3v) is 6.78. The predicted octanol–water partition coefficient (Wildman–Crippen LogP) is 6.44. The van der Waals surface area contributed by atoms with Gasteiger partial charge in [0.05, 0.1) is 4.21 Å². The second kappa shape index (κ2) is 14.1. The number of allylic oxidation sites excluding steroid dienone is 1. The van der Waals surface area contributed by atoms with Crippen molar-refractivity contribution in [3.8, 4) is 0 Å². The summed E-state index contributed by atoms with van der Waals surface area (Å²) in [4.78, 5) is 11.9. The lowest BCUT2D eigenvalue weighted by atomic mass is 9.92. The summed E-state index contributed by atoms with van der Waals surface area (Å²) in [5.41, 5.74) is 4.95. The van der Waals surface area contributed by atoms with Gasteiger partial charge in [-0.3, -0.25) is 5.21 Å². The molecule has 1 aromatic rings. The second-order valence-corrected chi connectivity index (χ2v) is 9.20. The standard InChI is InChI=1S/C20H34N2O2S2/c1-3-5-9-17(10-6-4-2)11-8-16-25-19-14-13-18(26-19)12-7-15-22(24)20(21)23/h7,13-15,17,24H,3-6,8-12,16H2,1-2H3,(H2,21,23). The normalized spacial score (nSPS) is 11.5. The number of urea groups is 1. The van der Waals surface area contributed by atoms with Crippen LogP contribution in [0.2, 0.25) is 0 Å². The molecule has 1 rings (SSSR count). The van der Waals surface area contributed by atoms with Crippen LogP contribution in [0.4, 0.5) is 4.79 Å². The highest BCUT2D eigenvalue weighted by Gasteiger charge is 2.08. The van der Waals surface area contributed by atoms with Crippen LogP contribution < -0.4 is 5.73 Å². The summed E-state index contributed by atoms with van der Waals surface area (Å²) in [6.45, 7) is 4.56. The van der Waals surface area contributed by atoms with E-state index in [1.807, 2.05) is 11.8 Å². The van der Waals surface area contributed by atoms with E-state index in [4.69, 9.17) is 5.73 Å². The van der Waals surface area contributed by atoms with E-state index in [-0.39, 0.29) is 0 Å². The first kappa shape index (κ1) is 23.1. The van der Waals surface area contributed by atoms with Crippen molar-refractivity contribution in [2.75, 3.05) is 5.75 Å². The monoisotopic (exact) mass is 398 g/mol. The van der Waals surface area contributed by atoms with Gasteiger partial charge in [0.15, 0.2) is 0 Å². The number of unbranched alkanes of at least 4 members (excludes halogenated alkanes) is 2. The first-order valence-corrected chi connectivity index (χ1v) is 11.5. The van der Waals surface area contributed by atoms with Crippen molar-refractivity contribution in [3.63, 3.8) is 0 Å². The molecule has 26 heavy (non-hydrogen) atoms. The molecule has 0 bridgehead atoms. The van der Waals surface area contributed by atoms with Gasteiger partial charge in [-0.25, -0.2) is 4.79 Å². The minimum Gasteiger partial charge on any atom is -0.349 e. The Morgan fingerprint density at radius 2 is 1.88 bits per heavy atom. The summed E-state index contributed by atoms with van der Waals surface area (Å²) in [7, 11) is 0. The van der Waals surface area contributed by atoms with E-state index in [2.05, 4.69) is 26.0 Å². The SMILES string of the molecule is CCCCC(CCCC)CCCSc1ccc(CC=CN(O)C(N)=O)s1. The first-order valence-electron chi connectivity index (χ1n) is 9.72. The van der Waals surface area contributed by atoms with Gasteiger partial charge in [-0.1, -0.05) is 58.4 Å². The highest BCUT2D eigenvalue weighted by atomic mass is 32.2. The van der Waals surface area contributed by atoms with Crippen molar-refractivity contribution >= 4 is 29.1 Å². The van der Waals surface area contributed by atoms with E-state index < -0.39 is 6.03 Å². The number of nitrogens with two attached hydrogens (primary N) is 1. The van der Waals surface area contributed by atoms with Gasteiger partial charge >= 0.3 is 6.03 Å².